The second-order valence-electron chi connectivity index (χ2n) is 15.1. The Labute approximate surface area is 347 Å². The Balaban J connectivity index is 3.64. The maximum atomic E-state index is 12.3. The number of hydrogen-bond donors (Lipinski definition) is 6. The van der Waals surface area contributed by atoms with Crippen molar-refractivity contribution >= 4 is 35.6 Å². The van der Waals surface area contributed by atoms with E-state index in [1.54, 1.807) is 0 Å². The molecular weight excluding hydrogens is 752 g/mol. The summed E-state index contributed by atoms with van der Waals surface area (Å²) in [4.78, 5) is 70.3. The first kappa shape index (κ1) is 54.7. The van der Waals surface area contributed by atoms with Gasteiger partial charge in [-0.05, 0) is 31.6 Å². The van der Waals surface area contributed by atoms with Crippen molar-refractivity contribution in [1.82, 2.24) is 21.3 Å². The predicted molar refractivity (Wildman–Crippen MR) is 221 cm³/mol. The summed E-state index contributed by atoms with van der Waals surface area (Å²) in [7, 11) is 0. The highest BCUT2D eigenvalue weighted by molar-refractivity contribution is 5.84. The van der Waals surface area contributed by atoms with E-state index in [0.717, 1.165) is 57.8 Å². The zero-order valence-electron chi connectivity index (χ0n) is 35.8. The highest BCUT2D eigenvalue weighted by Crippen LogP contribution is 2.14. The molecule has 0 saturated heterocycles. The van der Waals surface area contributed by atoms with Gasteiger partial charge in [-0.3, -0.25) is 24.0 Å². The number of carbonyl (C=O) groups excluding carboxylic acids is 4. The van der Waals surface area contributed by atoms with Crippen LogP contribution in [0, 0.1) is 5.92 Å². The van der Waals surface area contributed by atoms with Gasteiger partial charge in [-0.25, -0.2) is 4.79 Å². The summed E-state index contributed by atoms with van der Waals surface area (Å²) in [5.41, 5.74) is 0. The maximum Gasteiger partial charge on any atom is 0.326 e. The number of ether oxygens (including phenoxy) is 4. The van der Waals surface area contributed by atoms with Crippen LogP contribution in [0.15, 0.2) is 0 Å². The molecule has 0 rings (SSSR count). The lowest BCUT2D eigenvalue weighted by molar-refractivity contribution is -0.142. The maximum absolute atomic E-state index is 12.3. The molecular formula is C42H78N4O12. The van der Waals surface area contributed by atoms with Crippen LogP contribution in [-0.4, -0.2) is 124 Å². The number of hydrogen-bond acceptors (Lipinski definition) is 10. The monoisotopic (exact) mass is 831 g/mol. The molecule has 0 aromatic rings. The van der Waals surface area contributed by atoms with Crippen LogP contribution < -0.4 is 21.3 Å². The second-order valence-corrected chi connectivity index (χ2v) is 15.1. The fraction of sp³-hybridized carbons (Fsp3) is 0.857. The van der Waals surface area contributed by atoms with Gasteiger partial charge in [0.15, 0.2) is 0 Å². The summed E-state index contributed by atoms with van der Waals surface area (Å²) < 4.78 is 21.4. The third kappa shape index (κ3) is 40.8. The molecule has 16 nitrogen and oxygen atoms in total. The van der Waals surface area contributed by atoms with Crippen LogP contribution in [-0.2, 0) is 47.7 Å². The van der Waals surface area contributed by atoms with Crippen molar-refractivity contribution in [2.45, 2.75) is 155 Å². The van der Waals surface area contributed by atoms with Crippen molar-refractivity contribution in [3.05, 3.63) is 0 Å². The zero-order valence-corrected chi connectivity index (χ0v) is 35.8. The topological polar surface area (TPSA) is 228 Å². The van der Waals surface area contributed by atoms with Gasteiger partial charge in [0.2, 0.25) is 23.6 Å². The number of carboxylic acid groups (broad SMARTS) is 2. The quantitative estimate of drug-likeness (QED) is 0.0451. The first-order valence-electron chi connectivity index (χ1n) is 21.9. The predicted octanol–water partition coefficient (Wildman–Crippen LogP) is 4.90. The summed E-state index contributed by atoms with van der Waals surface area (Å²) in [6, 6.07) is -1.13. The van der Waals surface area contributed by atoms with Crippen LogP contribution in [0.2, 0.25) is 0 Å². The molecule has 0 saturated carbocycles. The smallest absolute Gasteiger partial charge is 0.326 e. The first-order chi connectivity index (χ1) is 28.0. The van der Waals surface area contributed by atoms with Gasteiger partial charge in [0.25, 0.3) is 0 Å². The fourth-order valence-electron chi connectivity index (χ4n) is 5.87. The van der Waals surface area contributed by atoms with Gasteiger partial charge in [0.1, 0.15) is 19.3 Å². The van der Waals surface area contributed by atoms with E-state index in [1.165, 1.54) is 44.9 Å². The molecule has 58 heavy (non-hydrogen) atoms. The fourth-order valence-corrected chi connectivity index (χ4v) is 5.87. The number of aliphatic carboxylic acids is 2. The molecule has 338 valence electrons. The molecule has 0 aromatic heterocycles. The van der Waals surface area contributed by atoms with E-state index in [0.29, 0.717) is 38.6 Å². The van der Waals surface area contributed by atoms with Crippen molar-refractivity contribution in [3.8, 4) is 0 Å². The molecule has 1 unspecified atom stereocenters. The first-order valence-corrected chi connectivity index (χ1v) is 21.9. The Morgan fingerprint density at radius 1 is 0.431 bits per heavy atom. The molecule has 16 heteroatoms. The number of nitrogens with one attached hydrogen (secondary N) is 4. The highest BCUT2D eigenvalue weighted by atomic mass is 16.5. The third-order valence-electron chi connectivity index (χ3n) is 9.22. The SMILES string of the molecule is CC(C)CCCCNC(=O)COCCOCCNC(=O)COCCOCCNC(=O)CCC(NC(=O)CCCCCCCCCCCCCCCCC(=O)O)C(=O)O. The van der Waals surface area contributed by atoms with E-state index in [2.05, 4.69) is 35.1 Å². The van der Waals surface area contributed by atoms with E-state index in [4.69, 9.17) is 24.1 Å². The molecule has 0 heterocycles. The van der Waals surface area contributed by atoms with Crippen molar-refractivity contribution in [1.29, 1.82) is 0 Å². The zero-order chi connectivity index (χ0) is 42.9. The molecule has 0 bridgehead atoms. The van der Waals surface area contributed by atoms with Gasteiger partial charge >= 0.3 is 11.9 Å². The van der Waals surface area contributed by atoms with Gasteiger partial charge in [0, 0.05) is 38.9 Å². The Bertz CT molecular complexity index is 1080. The van der Waals surface area contributed by atoms with Crippen molar-refractivity contribution in [2.75, 3.05) is 72.5 Å². The number of carboxylic acids is 2. The van der Waals surface area contributed by atoms with E-state index >= 15 is 0 Å². The van der Waals surface area contributed by atoms with Crippen molar-refractivity contribution in [3.63, 3.8) is 0 Å². The molecule has 6 N–H and O–H groups in total. The highest BCUT2D eigenvalue weighted by Gasteiger charge is 2.20. The minimum atomic E-state index is -1.18. The molecule has 0 aromatic carbocycles. The van der Waals surface area contributed by atoms with Crippen LogP contribution in [0.25, 0.3) is 0 Å². The van der Waals surface area contributed by atoms with Gasteiger partial charge in [-0.15, -0.1) is 0 Å². The van der Waals surface area contributed by atoms with Crippen molar-refractivity contribution in [2.24, 2.45) is 5.92 Å². The van der Waals surface area contributed by atoms with E-state index in [-0.39, 0.29) is 95.5 Å². The van der Waals surface area contributed by atoms with Crippen LogP contribution in [0.1, 0.15) is 149 Å². The minimum Gasteiger partial charge on any atom is -0.481 e. The molecule has 0 aliphatic rings. The molecule has 1 atom stereocenters. The lowest BCUT2D eigenvalue weighted by Crippen LogP contribution is -2.41. The van der Waals surface area contributed by atoms with Gasteiger partial charge in [0.05, 0.1) is 39.6 Å². The van der Waals surface area contributed by atoms with Crippen molar-refractivity contribution < 1.29 is 57.9 Å². The Hall–Kier alpha value is -3.34. The number of rotatable bonds is 43. The van der Waals surface area contributed by atoms with Crippen LogP contribution in [0.3, 0.4) is 0 Å². The van der Waals surface area contributed by atoms with Gasteiger partial charge in [-0.1, -0.05) is 104 Å². The van der Waals surface area contributed by atoms with Crippen LogP contribution >= 0.6 is 0 Å². The largest absolute Gasteiger partial charge is 0.481 e. The normalized spacial score (nSPS) is 11.6. The number of unbranched alkanes of at least 4 members (excludes halogenated alkanes) is 14. The Kier molecular flexibility index (Phi) is 38.1. The third-order valence-corrected chi connectivity index (χ3v) is 9.22. The average molecular weight is 831 g/mol. The van der Waals surface area contributed by atoms with Crippen LogP contribution in [0.5, 0.6) is 0 Å². The molecule has 0 aliphatic heterocycles. The summed E-state index contributed by atoms with van der Waals surface area (Å²) in [5, 5.41) is 28.9. The van der Waals surface area contributed by atoms with Crippen LogP contribution in [0.4, 0.5) is 0 Å². The summed E-state index contributed by atoms with van der Waals surface area (Å²) in [6.45, 7) is 6.89. The summed E-state index contributed by atoms with van der Waals surface area (Å²) in [5.74, 6) is -2.33. The number of amides is 4. The lowest BCUT2D eigenvalue weighted by atomic mass is 10.0. The van der Waals surface area contributed by atoms with Gasteiger partial charge < -0.3 is 50.4 Å². The molecule has 0 radical (unpaired) electrons. The molecule has 0 aliphatic carbocycles. The summed E-state index contributed by atoms with van der Waals surface area (Å²) >= 11 is 0. The van der Waals surface area contributed by atoms with Gasteiger partial charge in [-0.2, -0.15) is 0 Å². The Morgan fingerprint density at radius 3 is 1.33 bits per heavy atom. The van der Waals surface area contributed by atoms with E-state index in [1.807, 2.05) is 0 Å². The minimum absolute atomic E-state index is 0.00911. The number of carbonyl (C=O) groups is 6. The molecule has 0 fully saturated rings. The van der Waals surface area contributed by atoms with E-state index < -0.39 is 18.0 Å². The van der Waals surface area contributed by atoms with E-state index in [9.17, 15) is 33.9 Å². The second kappa shape index (κ2) is 40.4. The average Bonchev–Trinajstić information content (AvgIpc) is 3.17. The standard InChI is InChI=1S/C42H78N4O12/c1-35(2)19-17-18-24-43-39(49)33-57-31-30-56-28-26-45-40(50)34-58-32-29-55-27-25-44-37(47)23-22-36(42(53)54)46-38(48)20-15-13-11-9-7-5-3-4-6-8-10-12-14-16-21-41(51)52/h35-36H,3-34H2,1-2H3,(H,43,49)(H,44,47)(H,45,50)(H,46,48)(H,51,52)(H,53,54). The lowest BCUT2D eigenvalue weighted by Gasteiger charge is -2.14. The molecule has 0 spiro atoms. The molecule has 4 amide bonds. The summed E-state index contributed by atoms with van der Waals surface area (Å²) in [6.07, 6.45) is 18.8. The Morgan fingerprint density at radius 2 is 0.862 bits per heavy atom.